The summed E-state index contributed by atoms with van der Waals surface area (Å²) in [6.07, 6.45) is 6.83. The van der Waals surface area contributed by atoms with Crippen LogP contribution in [0.15, 0.2) is 24.3 Å². The monoisotopic (exact) mass is 357 g/mol. The molecule has 4 aliphatic rings. The number of nitrogens with zero attached hydrogens (tertiary/aromatic N) is 1. The summed E-state index contributed by atoms with van der Waals surface area (Å²) in [6, 6.07) is 7.66. The van der Waals surface area contributed by atoms with E-state index >= 15 is 0 Å². The summed E-state index contributed by atoms with van der Waals surface area (Å²) in [5, 5.41) is 16.5. The van der Waals surface area contributed by atoms with Crippen LogP contribution in [0.2, 0.25) is 0 Å². The van der Waals surface area contributed by atoms with E-state index in [1.54, 1.807) is 0 Å². The van der Waals surface area contributed by atoms with Crippen LogP contribution in [0.1, 0.15) is 50.2 Å². The molecule has 2 amide bonds. The largest absolute Gasteiger partial charge is 0.387 e. The summed E-state index contributed by atoms with van der Waals surface area (Å²) in [7, 11) is 3.98. The molecule has 4 fully saturated rings. The highest BCUT2D eigenvalue weighted by Gasteiger charge is 2.51. The number of aliphatic hydroxyl groups excluding tert-OH is 1. The zero-order chi connectivity index (χ0) is 18.3. The first-order valence-corrected chi connectivity index (χ1v) is 9.94. The van der Waals surface area contributed by atoms with Gasteiger partial charge in [-0.15, -0.1) is 0 Å². The molecule has 4 bridgehead atoms. The van der Waals surface area contributed by atoms with Gasteiger partial charge in [-0.1, -0.05) is 12.1 Å². The maximum Gasteiger partial charge on any atom is 0.315 e. The minimum atomic E-state index is -0.687. The fraction of sp³-hybridized carbons (Fsp3) is 0.667. The number of carbonyl (C=O) groups excluding carboxylic acids is 1. The smallest absolute Gasteiger partial charge is 0.315 e. The zero-order valence-electron chi connectivity index (χ0n) is 15.9. The van der Waals surface area contributed by atoms with E-state index in [1.165, 1.54) is 19.3 Å². The van der Waals surface area contributed by atoms with Crippen LogP contribution in [-0.4, -0.2) is 37.3 Å². The molecule has 5 rings (SSSR count). The lowest BCUT2D eigenvalue weighted by Crippen LogP contribution is -2.61. The number of urea groups is 1. The Morgan fingerprint density at radius 3 is 2.15 bits per heavy atom. The Bertz CT molecular complexity index is 620. The maximum absolute atomic E-state index is 12.5. The van der Waals surface area contributed by atoms with Crippen LogP contribution in [0.3, 0.4) is 0 Å². The van der Waals surface area contributed by atoms with E-state index in [2.05, 4.69) is 10.6 Å². The molecule has 0 aromatic heterocycles. The summed E-state index contributed by atoms with van der Waals surface area (Å²) in [6.45, 7) is 0.236. The van der Waals surface area contributed by atoms with Crippen molar-refractivity contribution in [3.8, 4) is 0 Å². The van der Waals surface area contributed by atoms with Crippen molar-refractivity contribution in [1.82, 2.24) is 10.6 Å². The summed E-state index contributed by atoms with van der Waals surface area (Å²) >= 11 is 0. The van der Waals surface area contributed by atoms with Crippen LogP contribution in [0.25, 0.3) is 0 Å². The van der Waals surface area contributed by atoms with E-state index in [-0.39, 0.29) is 18.1 Å². The zero-order valence-corrected chi connectivity index (χ0v) is 15.9. The highest BCUT2D eigenvalue weighted by atomic mass is 16.3. The molecule has 4 saturated carbocycles. The number of nitrogens with one attached hydrogen (secondary N) is 2. The summed E-state index contributed by atoms with van der Waals surface area (Å²) in [5.74, 6) is 2.42. The van der Waals surface area contributed by atoms with Gasteiger partial charge in [-0.25, -0.2) is 4.79 Å². The summed E-state index contributed by atoms with van der Waals surface area (Å²) in [5.41, 5.74) is 1.93. The number of rotatable bonds is 5. The van der Waals surface area contributed by atoms with Crippen LogP contribution in [0, 0.1) is 17.8 Å². The number of anilines is 1. The Balaban J connectivity index is 1.30. The number of benzene rings is 1. The number of hydrogen-bond donors (Lipinski definition) is 3. The van der Waals surface area contributed by atoms with Crippen LogP contribution < -0.4 is 15.5 Å². The SMILES string of the molecule is CN(C)c1ccc(C(O)CNC(=O)NC23CC4CC(CC(C4)C2)C3)cc1. The first-order chi connectivity index (χ1) is 12.4. The van der Waals surface area contributed by atoms with Gasteiger partial charge < -0.3 is 20.6 Å². The standard InChI is InChI=1S/C21H31N3O2/c1-24(2)18-5-3-17(4-6-18)19(25)13-22-20(26)23-21-10-14-7-15(11-21)9-16(8-14)12-21/h3-6,14-16,19,25H,7-13H2,1-2H3,(H2,22,23,26). The average Bonchev–Trinajstić information content (AvgIpc) is 2.58. The molecule has 0 spiro atoms. The van der Waals surface area contributed by atoms with E-state index in [0.717, 1.165) is 48.3 Å². The molecule has 0 saturated heterocycles. The van der Waals surface area contributed by atoms with Crippen molar-refractivity contribution in [3.63, 3.8) is 0 Å². The van der Waals surface area contributed by atoms with Gasteiger partial charge in [0.05, 0.1) is 6.10 Å². The summed E-state index contributed by atoms with van der Waals surface area (Å²) < 4.78 is 0. The van der Waals surface area contributed by atoms with Gasteiger partial charge in [0, 0.05) is 31.9 Å². The molecule has 5 heteroatoms. The predicted molar refractivity (Wildman–Crippen MR) is 103 cm³/mol. The minimum Gasteiger partial charge on any atom is -0.387 e. The van der Waals surface area contributed by atoms with Gasteiger partial charge in [0.2, 0.25) is 0 Å². The Morgan fingerprint density at radius 1 is 1.12 bits per heavy atom. The molecule has 1 unspecified atom stereocenters. The van der Waals surface area contributed by atoms with Crippen molar-refractivity contribution in [1.29, 1.82) is 0 Å². The van der Waals surface area contributed by atoms with E-state index in [4.69, 9.17) is 0 Å². The lowest BCUT2D eigenvalue weighted by molar-refractivity contribution is -0.0136. The lowest BCUT2D eigenvalue weighted by Gasteiger charge is -2.56. The van der Waals surface area contributed by atoms with Crippen molar-refractivity contribution in [2.45, 2.75) is 50.2 Å². The molecular formula is C21H31N3O2. The minimum absolute atomic E-state index is 0.0111. The highest BCUT2D eigenvalue weighted by molar-refractivity contribution is 5.75. The first-order valence-electron chi connectivity index (χ1n) is 9.94. The van der Waals surface area contributed by atoms with Gasteiger partial charge in [0.1, 0.15) is 0 Å². The van der Waals surface area contributed by atoms with Gasteiger partial charge in [0.25, 0.3) is 0 Å². The third-order valence-corrected chi connectivity index (χ3v) is 6.67. The van der Waals surface area contributed by atoms with Gasteiger partial charge in [0.15, 0.2) is 0 Å². The second kappa shape index (κ2) is 6.76. The van der Waals surface area contributed by atoms with Gasteiger partial charge in [-0.2, -0.15) is 0 Å². The van der Waals surface area contributed by atoms with Crippen molar-refractivity contribution in [2.24, 2.45) is 17.8 Å². The highest BCUT2D eigenvalue weighted by Crippen LogP contribution is 2.55. The van der Waals surface area contributed by atoms with Gasteiger partial charge >= 0.3 is 6.03 Å². The van der Waals surface area contributed by atoms with Gasteiger partial charge in [-0.3, -0.25) is 0 Å². The molecule has 0 heterocycles. The Morgan fingerprint density at radius 2 is 1.65 bits per heavy atom. The first kappa shape index (κ1) is 17.7. The third-order valence-electron chi connectivity index (χ3n) is 6.67. The molecule has 1 atom stereocenters. The Hall–Kier alpha value is -1.75. The van der Waals surface area contributed by atoms with Crippen LogP contribution in [0.5, 0.6) is 0 Å². The van der Waals surface area contributed by atoms with Crippen molar-refractivity contribution in [3.05, 3.63) is 29.8 Å². The molecule has 3 N–H and O–H groups in total. The van der Waals surface area contributed by atoms with Gasteiger partial charge in [-0.05, 0) is 74.0 Å². The molecule has 142 valence electrons. The molecule has 0 aliphatic heterocycles. The van der Waals surface area contributed by atoms with Crippen molar-refractivity contribution >= 4 is 11.7 Å². The van der Waals surface area contributed by atoms with Crippen LogP contribution in [-0.2, 0) is 0 Å². The average molecular weight is 357 g/mol. The topological polar surface area (TPSA) is 64.6 Å². The summed E-state index contributed by atoms with van der Waals surface area (Å²) in [4.78, 5) is 14.5. The Kier molecular flexibility index (Phi) is 4.59. The predicted octanol–water partition coefficient (Wildman–Crippen LogP) is 3.05. The van der Waals surface area contributed by atoms with Crippen LogP contribution in [0.4, 0.5) is 10.5 Å². The molecular weight excluding hydrogens is 326 g/mol. The van der Waals surface area contributed by atoms with Crippen molar-refractivity contribution < 1.29 is 9.90 Å². The fourth-order valence-corrected chi connectivity index (χ4v) is 5.85. The second-order valence-electron chi connectivity index (χ2n) is 9.03. The molecule has 0 radical (unpaired) electrons. The third kappa shape index (κ3) is 3.54. The van der Waals surface area contributed by atoms with Crippen LogP contribution >= 0.6 is 0 Å². The second-order valence-corrected chi connectivity index (χ2v) is 9.03. The maximum atomic E-state index is 12.5. The lowest BCUT2D eigenvalue weighted by atomic mass is 9.53. The molecule has 1 aromatic rings. The Labute approximate surface area is 156 Å². The van der Waals surface area contributed by atoms with E-state index in [9.17, 15) is 9.90 Å². The quantitative estimate of drug-likeness (QED) is 0.759. The number of aliphatic hydroxyl groups is 1. The van der Waals surface area contributed by atoms with Crippen molar-refractivity contribution in [2.75, 3.05) is 25.5 Å². The van der Waals surface area contributed by atoms with E-state index in [0.29, 0.717) is 0 Å². The molecule has 1 aromatic carbocycles. The van der Waals surface area contributed by atoms with E-state index < -0.39 is 6.10 Å². The number of carbonyl (C=O) groups is 1. The molecule has 26 heavy (non-hydrogen) atoms. The molecule has 5 nitrogen and oxygen atoms in total. The molecule has 4 aliphatic carbocycles. The normalized spacial score (nSPS) is 33.0. The van der Waals surface area contributed by atoms with E-state index in [1.807, 2.05) is 43.3 Å². The fourth-order valence-electron chi connectivity index (χ4n) is 5.85. The number of amides is 2. The number of hydrogen-bond acceptors (Lipinski definition) is 3.